The summed E-state index contributed by atoms with van der Waals surface area (Å²) in [6.07, 6.45) is 1.81. The molecule has 2 aromatic carbocycles. The molecular weight excluding hydrogens is 220 g/mol. The lowest BCUT2D eigenvalue weighted by Crippen LogP contribution is -1.85. The number of benzene rings is 2. The van der Waals surface area contributed by atoms with E-state index in [-0.39, 0.29) is 0 Å². The van der Waals surface area contributed by atoms with Crippen molar-refractivity contribution in [2.45, 2.75) is 0 Å². The molecule has 0 atom stereocenters. The van der Waals surface area contributed by atoms with Crippen molar-refractivity contribution in [3.63, 3.8) is 0 Å². The molecule has 0 saturated heterocycles. The smallest absolute Gasteiger partial charge is 0.0894 e. The topological polar surface area (TPSA) is 25.8 Å². The Morgan fingerprint density at radius 1 is 0.667 bits per heavy atom. The van der Waals surface area contributed by atoms with Gasteiger partial charge in [0.2, 0.25) is 0 Å². The van der Waals surface area contributed by atoms with Crippen LogP contribution >= 0.6 is 0 Å². The number of pyridine rings is 2. The van der Waals surface area contributed by atoms with Gasteiger partial charge < -0.3 is 0 Å². The Morgan fingerprint density at radius 3 is 2.61 bits per heavy atom. The second-order valence-electron chi connectivity index (χ2n) is 4.38. The van der Waals surface area contributed by atoms with E-state index in [2.05, 4.69) is 52.4 Å². The molecule has 0 aliphatic carbocycles. The van der Waals surface area contributed by atoms with E-state index in [1.54, 1.807) is 6.20 Å². The van der Waals surface area contributed by atoms with Gasteiger partial charge >= 0.3 is 0 Å². The van der Waals surface area contributed by atoms with E-state index in [9.17, 15) is 0 Å². The summed E-state index contributed by atoms with van der Waals surface area (Å²) in [5, 5.41) is 3.64. The highest BCUT2D eigenvalue weighted by atomic mass is 14.7. The molecule has 0 fully saturated rings. The van der Waals surface area contributed by atoms with Crippen molar-refractivity contribution >= 4 is 32.7 Å². The third-order valence-corrected chi connectivity index (χ3v) is 3.29. The van der Waals surface area contributed by atoms with Gasteiger partial charge in [-0.1, -0.05) is 30.3 Å². The van der Waals surface area contributed by atoms with E-state index in [0.717, 1.165) is 16.6 Å². The minimum atomic E-state index is 0.945. The summed E-state index contributed by atoms with van der Waals surface area (Å²) in [4.78, 5) is 9.04. The molecule has 2 nitrogen and oxygen atoms in total. The van der Waals surface area contributed by atoms with Crippen LogP contribution in [0.15, 0.2) is 60.8 Å². The maximum atomic E-state index is 4.67. The highest BCUT2D eigenvalue weighted by Crippen LogP contribution is 2.26. The van der Waals surface area contributed by atoms with Crippen LogP contribution in [0.1, 0.15) is 0 Å². The third kappa shape index (κ3) is 1.29. The molecule has 2 heterocycles. The fraction of sp³-hybridized carbons (Fsp3) is 0. The number of hydrogen-bond acceptors (Lipinski definition) is 2. The molecule has 2 heteroatoms. The maximum Gasteiger partial charge on any atom is 0.0894 e. The van der Waals surface area contributed by atoms with Crippen molar-refractivity contribution in [2.75, 3.05) is 0 Å². The lowest BCUT2D eigenvalue weighted by molar-refractivity contribution is 1.38. The first-order valence-corrected chi connectivity index (χ1v) is 5.95. The van der Waals surface area contributed by atoms with E-state index in [0.29, 0.717) is 0 Å². The van der Waals surface area contributed by atoms with Gasteiger partial charge in [-0.25, -0.2) is 4.98 Å². The third-order valence-electron chi connectivity index (χ3n) is 3.29. The zero-order valence-electron chi connectivity index (χ0n) is 9.67. The Kier molecular flexibility index (Phi) is 1.86. The summed E-state index contributed by atoms with van der Waals surface area (Å²) >= 11 is 0. The van der Waals surface area contributed by atoms with Gasteiger partial charge in [-0.15, -0.1) is 0 Å². The number of nitrogens with zero attached hydrogens (tertiary/aromatic N) is 2. The quantitative estimate of drug-likeness (QED) is 0.338. The van der Waals surface area contributed by atoms with Crippen LogP contribution in [0, 0.1) is 0 Å². The molecule has 84 valence electrons. The van der Waals surface area contributed by atoms with Gasteiger partial charge in [0, 0.05) is 11.6 Å². The van der Waals surface area contributed by atoms with Crippen molar-refractivity contribution in [3.05, 3.63) is 60.8 Å². The Balaban J connectivity index is 2.27. The average molecular weight is 230 g/mol. The highest BCUT2D eigenvalue weighted by Gasteiger charge is 2.03. The molecule has 0 radical (unpaired) electrons. The molecule has 0 unspecified atom stereocenters. The fourth-order valence-corrected chi connectivity index (χ4v) is 2.41. The van der Waals surface area contributed by atoms with Crippen molar-refractivity contribution in [2.24, 2.45) is 0 Å². The van der Waals surface area contributed by atoms with E-state index >= 15 is 0 Å². The van der Waals surface area contributed by atoms with Crippen LogP contribution in [-0.4, -0.2) is 9.97 Å². The first-order valence-electron chi connectivity index (χ1n) is 5.95. The van der Waals surface area contributed by atoms with Gasteiger partial charge in [-0.3, -0.25) is 4.98 Å². The molecule has 4 rings (SSSR count). The van der Waals surface area contributed by atoms with Crippen LogP contribution in [0.5, 0.6) is 0 Å². The molecule has 0 bridgehead atoms. The summed E-state index contributed by atoms with van der Waals surface area (Å²) < 4.78 is 0. The van der Waals surface area contributed by atoms with Crippen molar-refractivity contribution in [1.29, 1.82) is 0 Å². The first-order chi connectivity index (χ1) is 8.92. The zero-order valence-corrected chi connectivity index (χ0v) is 9.67. The molecular formula is C16H10N2. The average Bonchev–Trinajstić information content (AvgIpc) is 2.45. The Morgan fingerprint density at radius 2 is 1.61 bits per heavy atom. The van der Waals surface area contributed by atoms with Crippen molar-refractivity contribution in [3.8, 4) is 0 Å². The summed E-state index contributed by atoms with van der Waals surface area (Å²) in [6.45, 7) is 0. The van der Waals surface area contributed by atoms with Crippen LogP contribution in [-0.2, 0) is 0 Å². The lowest BCUT2D eigenvalue weighted by atomic mass is 10.0. The van der Waals surface area contributed by atoms with E-state index in [1.807, 2.05) is 12.1 Å². The van der Waals surface area contributed by atoms with Crippen LogP contribution < -0.4 is 0 Å². The summed E-state index contributed by atoms with van der Waals surface area (Å²) in [7, 11) is 0. The van der Waals surface area contributed by atoms with E-state index < -0.39 is 0 Å². The monoisotopic (exact) mass is 230 g/mol. The minimum Gasteiger partial charge on any atom is -0.255 e. The number of fused-ring (bicyclic) bond motifs is 4. The molecule has 0 amide bonds. The minimum absolute atomic E-state index is 0.945. The van der Waals surface area contributed by atoms with Gasteiger partial charge in [0.25, 0.3) is 0 Å². The maximum absolute atomic E-state index is 4.67. The largest absolute Gasteiger partial charge is 0.255 e. The molecule has 0 N–H and O–H groups in total. The summed E-state index contributed by atoms with van der Waals surface area (Å²) in [5.41, 5.74) is 2.91. The van der Waals surface area contributed by atoms with Gasteiger partial charge in [0.15, 0.2) is 0 Å². The number of aromatic nitrogens is 2. The highest BCUT2D eigenvalue weighted by molar-refractivity contribution is 6.08. The predicted molar refractivity (Wildman–Crippen MR) is 74.6 cm³/mol. The predicted octanol–water partition coefficient (Wildman–Crippen LogP) is 3.94. The van der Waals surface area contributed by atoms with Crippen molar-refractivity contribution in [1.82, 2.24) is 9.97 Å². The molecule has 0 aliphatic rings. The Hall–Kier alpha value is -2.48. The van der Waals surface area contributed by atoms with Crippen molar-refractivity contribution < 1.29 is 0 Å². The fourth-order valence-electron chi connectivity index (χ4n) is 2.41. The molecule has 2 aromatic heterocycles. The molecule has 0 spiro atoms. The second-order valence-corrected chi connectivity index (χ2v) is 4.38. The first kappa shape index (κ1) is 9.54. The second kappa shape index (κ2) is 3.50. The van der Waals surface area contributed by atoms with Crippen LogP contribution in [0.25, 0.3) is 32.7 Å². The molecule has 4 aromatic rings. The van der Waals surface area contributed by atoms with Gasteiger partial charge in [-0.2, -0.15) is 0 Å². The Labute approximate surface area is 104 Å². The zero-order chi connectivity index (χ0) is 11.9. The number of rotatable bonds is 0. The normalized spacial score (nSPS) is 11.3. The van der Waals surface area contributed by atoms with Gasteiger partial charge in [0.05, 0.1) is 16.6 Å². The standard InChI is InChI=1S/C16H10N2/c1-2-5-12-11(4-1)7-8-14-13(12)10-16-15(18-14)6-3-9-17-16/h1-10H. The molecule has 0 aliphatic heterocycles. The van der Waals surface area contributed by atoms with Crippen LogP contribution in [0.2, 0.25) is 0 Å². The molecule has 0 saturated carbocycles. The summed E-state index contributed by atoms with van der Waals surface area (Å²) in [5.74, 6) is 0. The van der Waals surface area contributed by atoms with Gasteiger partial charge in [0.1, 0.15) is 0 Å². The van der Waals surface area contributed by atoms with E-state index in [4.69, 9.17) is 0 Å². The SMILES string of the molecule is c1ccc2c(c1)ccc1nc3cccnc3cc12. The lowest BCUT2D eigenvalue weighted by Gasteiger charge is -2.04. The number of hydrogen-bond donors (Lipinski definition) is 0. The van der Waals surface area contributed by atoms with Crippen LogP contribution in [0.3, 0.4) is 0 Å². The van der Waals surface area contributed by atoms with Crippen LogP contribution in [0.4, 0.5) is 0 Å². The Bertz CT molecular complexity index is 875. The van der Waals surface area contributed by atoms with Gasteiger partial charge in [-0.05, 0) is 35.0 Å². The summed E-state index contributed by atoms with van der Waals surface area (Å²) in [6, 6.07) is 18.6. The molecule has 18 heavy (non-hydrogen) atoms. The van der Waals surface area contributed by atoms with E-state index in [1.165, 1.54) is 16.2 Å².